The zero-order valence-corrected chi connectivity index (χ0v) is 13.7. The van der Waals surface area contributed by atoms with Gasteiger partial charge < -0.3 is 10.6 Å². The molecule has 3 nitrogen and oxygen atoms in total. The molecule has 2 rings (SSSR count). The van der Waals surface area contributed by atoms with Crippen molar-refractivity contribution < 1.29 is 9.18 Å². The summed E-state index contributed by atoms with van der Waals surface area (Å²) >= 11 is 0. The Morgan fingerprint density at radius 1 is 1.35 bits per heavy atom. The van der Waals surface area contributed by atoms with Crippen molar-refractivity contribution in [2.24, 2.45) is 5.92 Å². The average Bonchev–Trinajstić information content (AvgIpc) is 2.31. The SMILES string of the molecule is CC(C)C[C@@H]1NC[C@H](c2cccc(F)c2)NC1=O.S.S. The van der Waals surface area contributed by atoms with Crippen molar-refractivity contribution in [3.63, 3.8) is 0 Å². The van der Waals surface area contributed by atoms with E-state index in [1.165, 1.54) is 12.1 Å². The predicted molar refractivity (Wildman–Crippen MR) is 89.3 cm³/mol. The molecule has 0 spiro atoms. The van der Waals surface area contributed by atoms with E-state index in [0.29, 0.717) is 12.5 Å². The normalized spacial score (nSPS) is 21.7. The molecular weight excluding hydrogens is 295 g/mol. The molecule has 0 unspecified atom stereocenters. The van der Waals surface area contributed by atoms with E-state index in [0.717, 1.165) is 12.0 Å². The number of hydrogen-bond acceptors (Lipinski definition) is 2. The van der Waals surface area contributed by atoms with E-state index in [9.17, 15) is 9.18 Å². The smallest absolute Gasteiger partial charge is 0.237 e. The molecule has 2 atom stereocenters. The van der Waals surface area contributed by atoms with E-state index in [2.05, 4.69) is 24.5 Å². The van der Waals surface area contributed by atoms with Crippen LogP contribution in [0.25, 0.3) is 0 Å². The predicted octanol–water partition coefficient (Wildman–Crippen LogP) is 2.23. The molecule has 1 aliphatic heterocycles. The van der Waals surface area contributed by atoms with Crippen LogP contribution in [0.3, 0.4) is 0 Å². The Morgan fingerprint density at radius 3 is 2.60 bits per heavy atom. The summed E-state index contributed by atoms with van der Waals surface area (Å²) in [6.45, 7) is 4.83. The fraction of sp³-hybridized carbons (Fsp3) is 0.500. The summed E-state index contributed by atoms with van der Waals surface area (Å²) in [5.41, 5.74) is 0.804. The highest BCUT2D eigenvalue weighted by atomic mass is 32.1. The first-order valence-electron chi connectivity index (χ1n) is 6.35. The second-order valence-corrected chi connectivity index (χ2v) is 5.21. The van der Waals surface area contributed by atoms with E-state index >= 15 is 0 Å². The van der Waals surface area contributed by atoms with Crippen LogP contribution in [0, 0.1) is 11.7 Å². The van der Waals surface area contributed by atoms with Gasteiger partial charge in [-0.1, -0.05) is 26.0 Å². The highest BCUT2D eigenvalue weighted by Gasteiger charge is 2.28. The molecule has 1 saturated heterocycles. The van der Waals surface area contributed by atoms with Crippen molar-refractivity contribution >= 4 is 32.9 Å². The molecule has 0 saturated carbocycles. The van der Waals surface area contributed by atoms with Gasteiger partial charge in [0.15, 0.2) is 0 Å². The van der Waals surface area contributed by atoms with Gasteiger partial charge in [-0.2, -0.15) is 27.0 Å². The van der Waals surface area contributed by atoms with Crippen molar-refractivity contribution in [1.29, 1.82) is 0 Å². The number of nitrogens with one attached hydrogen (secondary N) is 2. The standard InChI is InChI=1S/C14H19FN2O.2H2S/c1-9(2)6-12-14(18)17-13(8-16-12)10-4-3-5-11(15)7-10;;/h3-5,7,9,12-13,16H,6,8H2,1-2H3,(H,17,18);2*1H2/t12-,13+;;/m0../s1. The van der Waals surface area contributed by atoms with E-state index < -0.39 is 0 Å². The topological polar surface area (TPSA) is 41.1 Å². The molecule has 1 fully saturated rings. The molecule has 2 N–H and O–H groups in total. The maximum Gasteiger partial charge on any atom is 0.237 e. The van der Waals surface area contributed by atoms with E-state index in [-0.39, 0.29) is 50.8 Å². The lowest BCUT2D eigenvalue weighted by Crippen LogP contribution is -2.54. The van der Waals surface area contributed by atoms with Crippen LogP contribution in [0.4, 0.5) is 4.39 Å². The van der Waals surface area contributed by atoms with Gasteiger partial charge in [-0.15, -0.1) is 0 Å². The molecule has 1 aromatic carbocycles. The minimum atomic E-state index is -0.272. The Morgan fingerprint density at radius 2 is 2.05 bits per heavy atom. The molecule has 1 aromatic rings. The van der Waals surface area contributed by atoms with Gasteiger partial charge in [0.05, 0.1) is 12.1 Å². The zero-order valence-electron chi connectivity index (χ0n) is 11.7. The van der Waals surface area contributed by atoms with Gasteiger partial charge in [0.1, 0.15) is 5.82 Å². The summed E-state index contributed by atoms with van der Waals surface area (Å²) in [5.74, 6) is 0.203. The van der Waals surface area contributed by atoms with E-state index in [1.807, 2.05) is 6.07 Å². The number of hydrogen-bond donors (Lipinski definition) is 2. The molecule has 0 aliphatic carbocycles. The first-order chi connectivity index (χ1) is 8.56. The molecule has 0 radical (unpaired) electrons. The maximum atomic E-state index is 13.1. The zero-order chi connectivity index (χ0) is 13.1. The largest absolute Gasteiger partial charge is 0.347 e. The van der Waals surface area contributed by atoms with Gasteiger partial charge in [-0.05, 0) is 30.0 Å². The Hall–Kier alpha value is -0.720. The summed E-state index contributed by atoms with van der Waals surface area (Å²) in [6, 6.07) is 6.10. The quantitative estimate of drug-likeness (QED) is 0.897. The third-order valence-electron chi connectivity index (χ3n) is 3.16. The summed E-state index contributed by atoms with van der Waals surface area (Å²) in [6.07, 6.45) is 0.821. The fourth-order valence-electron chi connectivity index (χ4n) is 2.26. The molecule has 6 heteroatoms. The van der Waals surface area contributed by atoms with Crippen LogP contribution in [-0.4, -0.2) is 18.5 Å². The average molecular weight is 318 g/mol. The summed E-state index contributed by atoms with van der Waals surface area (Å²) in [7, 11) is 0. The molecule has 20 heavy (non-hydrogen) atoms. The van der Waals surface area contributed by atoms with Crippen LogP contribution >= 0.6 is 27.0 Å². The van der Waals surface area contributed by atoms with Crippen molar-refractivity contribution in [3.05, 3.63) is 35.6 Å². The minimum absolute atomic E-state index is 0. The third-order valence-corrected chi connectivity index (χ3v) is 3.16. The number of carbonyl (C=O) groups excluding carboxylic acids is 1. The molecule has 1 heterocycles. The van der Waals surface area contributed by atoms with Crippen LogP contribution in [0.15, 0.2) is 24.3 Å². The van der Waals surface area contributed by atoms with Crippen LogP contribution in [0.1, 0.15) is 31.9 Å². The lowest BCUT2D eigenvalue weighted by atomic mass is 9.98. The molecule has 114 valence electrons. The Labute approximate surface area is 133 Å². The van der Waals surface area contributed by atoms with E-state index in [4.69, 9.17) is 0 Å². The van der Waals surface area contributed by atoms with Crippen molar-refractivity contribution in [2.75, 3.05) is 6.54 Å². The fourth-order valence-corrected chi connectivity index (χ4v) is 2.26. The molecule has 0 aromatic heterocycles. The molecule has 1 aliphatic rings. The van der Waals surface area contributed by atoms with Gasteiger partial charge in [0.2, 0.25) is 5.91 Å². The van der Waals surface area contributed by atoms with Gasteiger partial charge in [0, 0.05) is 6.54 Å². The Kier molecular flexibility index (Phi) is 8.23. The highest BCUT2D eigenvalue weighted by Crippen LogP contribution is 2.18. The summed E-state index contributed by atoms with van der Waals surface area (Å²) in [4.78, 5) is 11.9. The van der Waals surface area contributed by atoms with Crippen molar-refractivity contribution in [3.8, 4) is 0 Å². The molecular formula is C14H23FN2OS2. The lowest BCUT2D eigenvalue weighted by molar-refractivity contribution is -0.125. The van der Waals surface area contributed by atoms with Crippen molar-refractivity contribution in [1.82, 2.24) is 10.6 Å². The monoisotopic (exact) mass is 318 g/mol. The van der Waals surface area contributed by atoms with Gasteiger partial charge in [-0.3, -0.25) is 4.79 Å². The summed E-state index contributed by atoms with van der Waals surface area (Å²) < 4.78 is 13.1. The Balaban J connectivity index is 0.00000180. The van der Waals surface area contributed by atoms with Crippen LogP contribution < -0.4 is 10.6 Å². The van der Waals surface area contributed by atoms with Gasteiger partial charge in [0.25, 0.3) is 0 Å². The number of carbonyl (C=O) groups is 1. The molecule has 0 bridgehead atoms. The van der Waals surface area contributed by atoms with Gasteiger partial charge >= 0.3 is 0 Å². The van der Waals surface area contributed by atoms with Crippen LogP contribution in [-0.2, 0) is 4.79 Å². The van der Waals surface area contributed by atoms with E-state index in [1.54, 1.807) is 6.07 Å². The lowest BCUT2D eigenvalue weighted by Gasteiger charge is -2.31. The first-order valence-corrected chi connectivity index (χ1v) is 6.35. The molecule has 1 amide bonds. The van der Waals surface area contributed by atoms with Crippen molar-refractivity contribution in [2.45, 2.75) is 32.4 Å². The van der Waals surface area contributed by atoms with Crippen LogP contribution in [0.2, 0.25) is 0 Å². The van der Waals surface area contributed by atoms with Gasteiger partial charge in [-0.25, -0.2) is 4.39 Å². The number of benzene rings is 1. The number of halogens is 1. The maximum absolute atomic E-state index is 13.1. The Bertz CT molecular complexity index is 443. The van der Waals surface area contributed by atoms with Crippen LogP contribution in [0.5, 0.6) is 0 Å². The number of amides is 1. The highest BCUT2D eigenvalue weighted by molar-refractivity contribution is 7.59. The first kappa shape index (κ1) is 19.3. The number of rotatable bonds is 3. The summed E-state index contributed by atoms with van der Waals surface area (Å²) in [5, 5.41) is 6.18. The second-order valence-electron chi connectivity index (χ2n) is 5.21. The third kappa shape index (κ3) is 5.00. The second kappa shape index (κ2) is 8.54. The minimum Gasteiger partial charge on any atom is -0.347 e. The number of piperazine rings is 1.